The second-order valence-electron chi connectivity index (χ2n) is 6.82. The number of nitrogens with zero attached hydrogens (tertiary/aromatic N) is 3. The predicted molar refractivity (Wildman–Crippen MR) is 110 cm³/mol. The topological polar surface area (TPSA) is 82.6 Å². The van der Waals surface area contributed by atoms with Gasteiger partial charge in [0.2, 0.25) is 10.0 Å². The van der Waals surface area contributed by atoms with E-state index in [9.17, 15) is 17.6 Å². The van der Waals surface area contributed by atoms with Crippen LogP contribution >= 0.6 is 11.3 Å². The van der Waals surface area contributed by atoms with E-state index in [0.717, 1.165) is 0 Å². The van der Waals surface area contributed by atoms with Crippen molar-refractivity contribution in [2.75, 3.05) is 38.5 Å². The van der Waals surface area contributed by atoms with Gasteiger partial charge in [0.05, 0.1) is 15.1 Å². The molecule has 1 aliphatic heterocycles. The molecule has 7 nitrogen and oxygen atoms in total. The van der Waals surface area contributed by atoms with Gasteiger partial charge in [-0.2, -0.15) is 4.31 Å². The number of hydrogen-bond acceptors (Lipinski definition) is 6. The van der Waals surface area contributed by atoms with Gasteiger partial charge < -0.3 is 4.90 Å². The number of fused-ring (bicyclic) bond motifs is 1. The van der Waals surface area contributed by atoms with Gasteiger partial charge in [0.15, 0.2) is 5.13 Å². The van der Waals surface area contributed by atoms with E-state index >= 15 is 0 Å². The number of sulfonamides is 1. The largest absolute Gasteiger partial charge is 0.304 e. The number of piperazine rings is 1. The Morgan fingerprint density at radius 3 is 2.48 bits per heavy atom. The molecule has 2 heterocycles. The van der Waals surface area contributed by atoms with Gasteiger partial charge >= 0.3 is 0 Å². The van der Waals surface area contributed by atoms with Gasteiger partial charge in [-0.25, -0.2) is 17.8 Å². The molecule has 10 heteroatoms. The van der Waals surface area contributed by atoms with E-state index in [4.69, 9.17) is 0 Å². The first-order valence-electron chi connectivity index (χ1n) is 8.99. The molecule has 0 unspecified atom stereocenters. The van der Waals surface area contributed by atoms with Crippen molar-refractivity contribution in [2.45, 2.75) is 4.90 Å². The van der Waals surface area contributed by atoms with E-state index in [1.807, 2.05) is 7.05 Å². The van der Waals surface area contributed by atoms with E-state index in [-0.39, 0.29) is 4.90 Å². The molecule has 1 aliphatic rings. The molecular formula is C19H19FN4O3S2. The summed E-state index contributed by atoms with van der Waals surface area (Å²) < 4.78 is 41.0. The highest BCUT2D eigenvalue weighted by molar-refractivity contribution is 7.89. The van der Waals surface area contributed by atoms with Crippen LogP contribution in [0.3, 0.4) is 0 Å². The van der Waals surface area contributed by atoms with Crippen molar-refractivity contribution in [3.05, 3.63) is 53.8 Å². The number of thiazole rings is 1. The molecular weight excluding hydrogens is 415 g/mol. The van der Waals surface area contributed by atoms with Crippen LogP contribution in [0.5, 0.6) is 0 Å². The molecule has 0 spiro atoms. The number of amides is 1. The number of carbonyl (C=O) groups excluding carboxylic acids is 1. The third-order valence-electron chi connectivity index (χ3n) is 4.79. The van der Waals surface area contributed by atoms with Gasteiger partial charge in [-0.3, -0.25) is 10.1 Å². The molecule has 29 heavy (non-hydrogen) atoms. The number of rotatable bonds is 4. The van der Waals surface area contributed by atoms with E-state index in [1.165, 1.54) is 39.9 Å². The zero-order valence-corrected chi connectivity index (χ0v) is 17.3. The van der Waals surface area contributed by atoms with E-state index in [1.54, 1.807) is 18.2 Å². The normalized spacial score (nSPS) is 16.2. The molecule has 0 saturated carbocycles. The Bertz CT molecular complexity index is 1150. The summed E-state index contributed by atoms with van der Waals surface area (Å²) in [7, 11) is -1.61. The van der Waals surface area contributed by atoms with Crippen molar-refractivity contribution < 1.29 is 17.6 Å². The average Bonchev–Trinajstić information content (AvgIpc) is 3.10. The van der Waals surface area contributed by atoms with Crippen LogP contribution in [0.15, 0.2) is 47.4 Å². The van der Waals surface area contributed by atoms with Crippen LogP contribution < -0.4 is 5.32 Å². The van der Waals surface area contributed by atoms with Gasteiger partial charge in [-0.15, -0.1) is 0 Å². The SMILES string of the molecule is CN1CCN(S(=O)(=O)c2ccc3nc(NC(=O)c4ccc(F)cc4)sc3c2)CC1. The molecule has 0 aliphatic carbocycles. The molecule has 1 aromatic heterocycles. The summed E-state index contributed by atoms with van der Waals surface area (Å²) >= 11 is 1.19. The lowest BCUT2D eigenvalue weighted by molar-refractivity contribution is 0.102. The number of likely N-dealkylation sites (N-methyl/N-ethyl adjacent to an activating group) is 1. The fraction of sp³-hybridized carbons (Fsp3) is 0.263. The Labute approximate surface area is 171 Å². The summed E-state index contributed by atoms with van der Waals surface area (Å²) in [6.45, 7) is 2.31. The minimum absolute atomic E-state index is 0.217. The Hall–Kier alpha value is -2.40. The lowest BCUT2D eigenvalue weighted by Crippen LogP contribution is -2.46. The number of aromatic nitrogens is 1. The van der Waals surface area contributed by atoms with Crippen LogP contribution in [-0.2, 0) is 10.0 Å². The van der Waals surface area contributed by atoms with Crippen LogP contribution in [0, 0.1) is 5.82 Å². The number of halogens is 1. The Kier molecular flexibility index (Phi) is 5.34. The van der Waals surface area contributed by atoms with Gasteiger partial charge in [0, 0.05) is 31.7 Å². The molecule has 152 valence electrons. The second-order valence-corrected chi connectivity index (χ2v) is 9.79. The second kappa shape index (κ2) is 7.79. The average molecular weight is 435 g/mol. The van der Waals surface area contributed by atoms with Gasteiger partial charge in [0.1, 0.15) is 5.82 Å². The van der Waals surface area contributed by atoms with Crippen molar-refractivity contribution >= 4 is 42.6 Å². The quantitative estimate of drug-likeness (QED) is 0.683. The highest BCUT2D eigenvalue weighted by Crippen LogP contribution is 2.29. The van der Waals surface area contributed by atoms with Crippen molar-refractivity contribution in [3.8, 4) is 0 Å². The number of nitrogens with one attached hydrogen (secondary N) is 1. The molecule has 2 aromatic carbocycles. The first-order valence-corrected chi connectivity index (χ1v) is 11.2. The zero-order chi connectivity index (χ0) is 20.6. The van der Waals surface area contributed by atoms with Gasteiger partial charge in [-0.05, 0) is 49.5 Å². The molecule has 0 atom stereocenters. The first-order chi connectivity index (χ1) is 13.8. The maximum Gasteiger partial charge on any atom is 0.257 e. The van der Waals surface area contributed by atoms with Crippen LogP contribution in [0.1, 0.15) is 10.4 Å². The maximum absolute atomic E-state index is 13.0. The molecule has 3 aromatic rings. The highest BCUT2D eigenvalue weighted by atomic mass is 32.2. The Balaban J connectivity index is 1.56. The minimum atomic E-state index is -3.58. The third kappa shape index (κ3) is 4.15. The van der Waals surface area contributed by atoms with Crippen LogP contribution in [0.25, 0.3) is 10.2 Å². The standard InChI is InChI=1S/C19H19FN4O3S2/c1-23-8-10-24(11-9-23)29(26,27)15-6-7-16-17(12-15)28-19(21-16)22-18(25)13-2-4-14(20)5-3-13/h2-7,12H,8-11H2,1H3,(H,21,22,25). The summed E-state index contributed by atoms with van der Waals surface area (Å²) in [6.07, 6.45) is 0. The van der Waals surface area contributed by atoms with Crippen LogP contribution in [0.2, 0.25) is 0 Å². The van der Waals surface area contributed by atoms with E-state index in [0.29, 0.717) is 47.1 Å². The van der Waals surface area contributed by atoms with Crippen LogP contribution in [0.4, 0.5) is 9.52 Å². The molecule has 4 rings (SSSR count). The highest BCUT2D eigenvalue weighted by Gasteiger charge is 2.27. The zero-order valence-electron chi connectivity index (χ0n) is 15.6. The fourth-order valence-electron chi connectivity index (χ4n) is 3.07. The van der Waals surface area contributed by atoms with Crippen molar-refractivity contribution in [1.82, 2.24) is 14.2 Å². The molecule has 0 bridgehead atoms. The Morgan fingerprint density at radius 2 is 1.79 bits per heavy atom. The smallest absolute Gasteiger partial charge is 0.257 e. The monoisotopic (exact) mass is 434 g/mol. The summed E-state index contributed by atoms with van der Waals surface area (Å²) in [6, 6.07) is 9.97. The first kappa shape index (κ1) is 19.9. The summed E-state index contributed by atoms with van der Waals surface area (Å²) in [5, 5.41) is 3.02. The summed E-state index contributed by atoms with van der Waals surface area (Å²) in [4.78, 5) is 18.9. The van der Waals surface area contributed by atoms with Gasteiger partial charge in [0.25, 0.3) is 5.91 Å². The number of benzene rings is 2. The molecule has 1 amide bonds. The fourth-order valence-corrected chi connectivity index (χ4v) is 5.49. The summed E-state index contributed by atoms with van der Waals surface area (Å²) in [5.74, 6) is -0.829. The minimum Gasteiger partial charge on any atom is -0.304 e. The van der Waals surface area contributed by atoms with E-state index in [2.05, 4.69) is 15.2 Å². The van der Waals surface area contributed by atoms with Crippen molar-refractivity contribution in [2.24, 2.45) is 0 Å². The lowest BCUT2D eigenvalue weighted by Gasteiger charge is -2.31. The third-order valence-corrected chi connectivity index (χ3v) is 7.62. The van der Waals surface area contributed by atoms with Crippen LogP contribution in [-0.4, -0.2) is 61.7 Å². The molecule has 0 radical (unpaired) electrons. The predicted octanol–water partition coefficient (Wildman–Crippen LogP) is 2.62. The maximum atomic E-state index is 13.0. The lowest BCUT2D eigenvalue weighted by atomic mass is 10.2. The van der Waals surface area contributed by atoms with Crippen molar-refractivity contribution in [1.29, 1.82) is 0 Å². The number of carbonyl (C=O) groups is 1. The molecule has 1 N–H and O–H groups in total. The molecule has 1 saturated heterocycles. The summed E-state index contributed by atoms with van der Waals surface area (Å²) in [5.41, 5.74) is 0.908. The Morgan fingerprint density at radius 1 is 1.10 bits per heavy atom. The van der Waals surface area contributed by atoms with Gasteiger partial charge in [-0.1, -0.05) is 11.3 Å². The molecule has 1 fully saturated rings. The van der Waals surface area contributed by atoms with E-state index < -0.39 is 21.7 Å². The van der Waals surface area contributed by atoms with Crippen molar-refractivity contribution in [3.63, 3.8) is 0 Å². The number of hydrogen-bond donors (Lipinski definition) is 1. The number of anilines is 1.